The largest absolute Gasteiger partial charge is 0.251 e. The molecule has 0 unspecified atom stereocenters. The van der Waals surface area contributed by atoms with E-state index >= 15 is 0 Å². The van der Waals surface area contributed by atoms with Crippen molar-refractivity contribution in [3.8, 4) is 11.4 Å². The monoisotopic (exact) mass is 226 g/mol. The summed E-state index contributed by atoms with van der Waals surface area (Å²) >= 11 is 0. The Morgan fingerprint density at radius 3 is 2.00 bits per heavy atom. The van der Waals surface area contributed by atoms with Crippen molar-refractivity contribution >= 4 is 0 Å². The van der Waals surface area contributed by atoms with Gasteiger partial charge in [0.15, 0.2) is 0 Å². The summed E-state index contributed by atoms with van der Waals surface area (Å²) in [5.74, 6) is 0. The molecule has 0 fully saturated rings. The zero-order chi connectivity index (χ0) is 12.5. The summed E-state index contributed by atoms with van der Waals surface area (Å²) in [6.07, 6.45) is 0. The van der Waals surface area contributed by atoms with E-state index in [0.29, 0.717) is 0 Å². The molecule has 0 saturated carbocycles. The molecule has 0 saturated heterocycles. The van der Waals surface area contributed by atoms with Gasteiger partial charge in [-0.1, -0.05) is 32.9 Å². The zero-order valence-electron chi connectivity index (χ0n) is 10.9. The van der Waals surface area contributed by atoms with E-state index in [1.165, 1.54) is 0 Å². The van der Waals surface area contributed by atoms with E-state index in [4.69, 9.17) is 4.98 Å². The van der Waals surface area contributed by atoms with Gasteiger partial charge in [0.05, 0.1) is 11.4 Å². The molecular formula is C15H18N2. The second-order valence-electron chi connectivity index (χ2n) is 5.32. The first kappa shape index (κ1) is 11.8. The van der Waals surface area contributed by atoms with Crippen LogP contribution >= 0.6 is 0 Å². The highest BCUT2D eigenvalue weighted by atomic mass is 14.8. The van der Waals surface area contributed by atoms with Crippen molar-refractivity contribution in [1.82, 2.24) is 9.97 Å². The molecule has 0 aromatic carbocycles. The van der Waals surface area contributed by atoms with Gasteiger partial charge in [-0.2, -0.15) is 0 Å². The summed E-state index contributed by atoms with van der Waals surface area (Å²) in [4.78, 5) is 9.20. The molecular weight excluding hydrogens is 208 g/mol. The number of pyridine rings is 2. The maximum Gasteiger partial charge on any atom is 0.0889 e. The Hall–Kier alpha value is -1.70. The van der Waals surface area contributed by atoms with Crippen LogP contribution in [0.15, 0.2) is 36.4 Å². The van der Waals surface area contributed by atoms with Crippen LogP contribution in [0.2, 0.25) is 0 Å². The Morgan fingerprint density at radius 1 is 0.824 bits per heavy atom. The lowest BCUT2D eigenvalue weighted by Gasteiger charge is -2.18. The van der Waals surface area contributed by atoms with Crippen molar-refractivity contribution in [2.24, 2.45) is 0 Å². The summed E-state index contributed by atoms with van der Waals surface area (Å²) in [6, 6.07) is 12.1. The molecule has 2 rings (SSSR count). The second kappa shape index (κ2) is 4.28. The van der Waals surface area contributed by atoms with Gasteiger partial charge in [0.25, 0.3) is 0 Å². The topological polar surface area (TPSA) is 25.8 Å². The number of nitrogens with zero attached hydrogens (tertiary/aromatic N) is 2. The van der Waals surface area contributed by atoms with Crippen LogP contribution in [0.3, 0.4) is 0 Å². The first-order valence-electron chi connectivity index (χ1n) is 5.88. The molecule has 0 aliphatic carbocycles. The normalized spacial score (nSPS) is 11.5. The Labute approximate surface area is 103 Å². The van der Waals surface area contributed by atoms with E-state index in [-0.39, 0.29) is 5.41 Å². The van der Waals surface area contributed by atoms with E-state index in [1.54, 1.807) is 0 Å². The molecule has 2 aromatic rings. The summed E-state index contributed by atoms with van der Waals surface area (Å²) in [5, 5.41) is 0. The molecule has 0 bridgehead atoms. The molecule has 0 aliphatic heterocycles. The van der Waals surface area contributed by atoms with Gasteiger partial charge in [-0.05, 0) is 31.2 Å². The zero-order valence-corrected chi connectivity index (χ0v) is 10.9. The van der Waals surface area contributed by atoms with Gasteiger partial charge in [0, 0.05) is 16.8 Å². The van der Waals surface area contributed by atoms with Crippen LogP contribution in [-0.2, 0) is 5.41 Å². The number of rotatable bonds is 1. The molecule has 2 heterocycles. The first-order chi connectivity index (χ1) is 7.97. The fourth-order valence-electron chi connectivity index (χ4n) is 1.68. The summed E-state index contributed by atoms with van der Waals surface area (Å²) in [6.45, 7) is 8.51. The Bertz CT molecular complexity index is 524. The first-order valence-corrected chi connectivity index (χ1v) is 5.88. The van der Waals surface area contributed by atoms with Crippen LogP contribution in [0, 0.1) is 6.92 Å². The summed E-state index contributed by atoms with van der Waals surface area (Å²) in [5.41, 5.74) is 4.07. The van der Waals surface area contributed by atoms with Crippen molar-refractivity contribution in [2.45, 2.75) is 33.1 Å². The van der Waals surface area contributed by atoms with Gasteiger partial charge in [0.1, 0.15) is 0 Å². The van der Waals surface area contributed by atoms with E-state index in [0.717, 1.165) is 22.8 Å². The van der Waals surface area contributed by atoms with Crippen molar-refractivity contribution in [3.05, 3.63) is 47.8 Å². The molecule has 0 aliphatic rings. The standard InChI is InChI=1S/C15H18N2/c1-11-7-5-8-12(16-11)13-9-6-10-14(17-13)15(2,3)4/h5-10H,1-4H3. The molecule has 0 radical (unpaired) electrons. The molecule has 2 heteroatoms. The molecule has 17 heavy (non-hydrogen) atoms. The third-order valence-electron chi connectivity index (χ3n) is 2.67. The number of hydrogen-bond donors (Lipinski definition) is 0. The Kier molecular flexibility index (Phi) is 2.97. The highest BCUT2D eigenvalue weighted by molar-refractivity contribution is 5.54. The van der Waals surface area contributed by atoms with Gasteiger partial charge in [-0.15, -0.1) is 0 Å². The van der Waals surface area contributed by atoms with Gasteiger partial charge < -0.3 is 0 Å². The predicted molar refractivity (Wildman–Crippen MR) is 70.9 cm³/mol. The minimum Gasteiger partial charge on any atom is -0.251 e. The number of aryl methyl sites for hydroxylation is 1. The average molecular weight is 226 g/mol. The minimum atomic E-state index is 0.0693. The van der Waals surface area contributed by atoms with Crippen LogP contribution in [0.4, 0.5) is 0 Å². The lowest BCUT2D eigenvalue weighted by Crippen LogP contribution is -2.13. The SMILES string of the molecule is Cc1cccc(-c2cccc(C(C)(C)C)n2)n1. The molecule has 0 atom stereocenters. The average Bonchev–Trinajstić information content (AvgIpc) is 2.28. The fourth-order valence-corrected chi connectivity index (χ4v) is 1.68. The Balaban J connectivity index is 2.47. The van der Waals surface area contributed by atoms with E-state index < -0.39 is 0 Å². The third-order valence-corrected chi connectivity index (χ3v) is 2.67. The Morgan fingerprint density at radius 2 is 1.41 bits per heavy atom. The van der Waals surface area contributed by atoms with Crippen LogP contribution in [-0.4, -0.2) is 9.97 Å². The second-order valence-corrected chi connectivity index (χ2v) is 5.32. The van der Waals surface area contributed by atoms with Crippen LogP contribution in [0.1, 0.15) is 32.2 Å². The van der Waals surface area contributed by atoms with Gasteiger partial charge in [0.2, 0.25) is 0 Å². The minimum absolute atomic E-state index is 0.0693. The van der Waals surface area contributed by atoms with E-state index in [2.05, 4.69) is 31.8 Å². The van der Waals surface area contributed by atoms with Crippen molar-refractivity contribution in [2.75, 3.05) is 0 Å². The summed E-state index contributed by atoms with van der Waals surface area (Å²) < 4.78 is 0. The van der Waals surface area contributed by atoms with Gasteiger partial charge in [-0.25, -0.2) is 0 Å². The van der Waals surface area contributed by atoms with Crippen LogP contribution in [0.5, 0.6) is 0 Å². The maximum absolute atomic E-state index is 4.69. The predicted octanol–water partition coefficient (Wildman–Crippen LogP) is 3.75. The quantitative estimate of drug-likeness (QED) is 0.740. The molecule has 88 valence electrons. The van der Waals surface area contributed by atoms with Crippen LogP contribution in [0.25, 0.3) is 11.4 Å². The lowest BCUT2D eigenvalue weighted by atomic mass is 9.91. The van der Waals surface area contributed by atoms with Crippen LogP contribution < -0.4 is 0 Å². The number of aromatic nitrogens is 2. The highest BCUT2D eigenvalue weighted by Crippen LogP contribution is 2.23. The van der Waals surface area contributed by atoms with Gasteiger partial charge in [-0.3, -0.25) is 9.97 Å². The molecule has 0 amide bonds. The van der Waals surface area contributed by atoms with Crippen molar-refractivity contribution in [3.63, 3.8) is 0 Å². The molecule has 2 nitrogen and oxygen atoms in total. The fraction of sp³-hybridized carbons (Fsp3) is 0.333. The smallest absolute Gasteiger partial charge is 0.0889 e. The molecule has 2 aromatic heterocycles. The van der Waals surface area contributed by atoms with Crippen molar-refractivity contribution in [1.29, 1.82) is 0 Å². The summed E-state index contributed by atoms with van der Waals surface area (Å²) in [7, 11) is 0. The third kappa shape index (κ3) is 2.70. The number of hydrogen-bond acceptors (Lipinski definition) is 2. The highest BCUT2D eigenvalue weighted by Gasteiger charge is 2.15. The molecule has 0 N–H and O–H groups in total. The van der Waals surface area contributed by atoms with Gasteiger partial charge >= 0.3 is 0 Å². The molecule has 0 spiro atoms. The lowest BCUT2D eigenvalue weighted by molar-refractivity contribution is 0.569. The maximum atomic E-state index is 4.69. The van der Waals surface area contributed by atoms with E-state index in [9.17, 15) is 0 Å². The van der Waals surface area contributed by atoms with E-state index in [1.807, 2.05) is 37.3 Å². The van der Waals surface area contributed by atoms with Crippen molar-refractivity contribution < 1.29 is 0 Å².